The summed E-state index contributed by atoms with van der Waals surface area (Å²) >= 11 is 5.83. The molecular formula is C20H23ClN2O4S. The molecule has 0 aliphatic carbocycles. The van der Waals surface area contributed by atoms with Gasteiger partial charge in [-0.05, 0) is 61.7 Å². The van der Waals surface area contributed by atoms with Crippen LogP contribution in [0.3, 0.4) is 0 Å². The van der Waals surface area contributed by atoms with Crippen LogP contribution in [0.15, 0.2) is 47.4 Å². The van der Waals surface area contributed by atoms with Gasteiger partial charge in [-0.25, -0.2) is 8.42 Å². The van der Waals surface area contributed by atoms with Crippen molar-refractivity contribution in [2.45, 2.75) is 24.7 Å². The fourth-order valence-electron chi connectivity index (χ4n) is 3.04. The molecule has 28 heavy (non-hydrogen) atoms. The molecule has 1 amide bonds. The van der Waals surface area contributed by atoms with Gasteiger partial charge in [0.25, 0.3) is 5.91 Å². The van der Waals surface area contributed by atoms with E-state index in [0.29, 0.717) is 36.0 Å². The zero-order valence-electron chi connectivity index (χ0n) is 15.7. The molecule has 1 fully saturated rings. The SMILES string of the molecule is Cc1ccc(S(=O)(=O)N2CCCC2)cc1C(=O)NCCOc1ccc(Cl)cc1. The second-order valence-corrected chi connectivity index (χ2v) is 9.02. The monoisotopic (exact) mass is 422 g/mol. The molecule has 0 unspecified atom stereocenters. The molecule has 1 heterocycles. The first-order chi connectivity index (χ1) is 13.4. The van der Waals surface area contributed by atoms with Crippen LogP contribution >= 0.6 is 11.6 Å². The number of carbonyl (C=O) groups excluding carboxylic acids is 1. The summed E-state index contributed by atoms with van der Waals surface area (Å²) in [7, 11) is -3.56. The molecule has 8 heteroatoms. The van der Waals surface area contributed by atoms with Gasteiger partial charge in [-0.3, -0.25) is 4.79 Å². The summed E-state index contributed by atoms with van der Waals surface area (Å²) in [4.78, 5) is 12.7. The Morgan fingerprint density at radius 1 is 1.14 bits per heavy atom. The van der Waals surface area contributed by atoms with Crippen molar-refractivity contribution in [2.24, 2.45) is 0 Å². The molecule has 1 aliphatic rings. The molecule has 150 valence electrons. The number of nitrogens with one attached hydrogen (secondary N) is 1. The van der Waals surface area contributed by atoms with Crippen LogP contribution < -0.4 is 10.1 Å². The van der Waals surface area contributed by atoms with Crippen molar-refractivity contribution < 1.29 is 17.9 Å². The van der Waals surface area contributed by atoms with Gasteiger partial charge < -0.3 is 10.1 Å². The Morgan fingerprint density at radius 2 is 1.82 bits per heavy atom. The maximum Gasteiger partial charge on any atom is 0.251 e. The van der Waals surface area contributed by atoms with Gasteiger partial charge >= 0.3 is 0 Å². The minimum atomic E-state index is -3.56. The third kappa shape index (κ3) is 4.84. The van der Waals surface area contributed by atoms with Gasteiger partial charge in [-0.15, -0.1) is 0 Å². The van der Waals surface area contributed by atoms with E-state index >= 15 is 0 Å². The first-order valence-electron chi connectivity index (χ1n) is 9.15. The first kappa shape index (κ1) is 20.6. The highest BCUT2D eigenvalue weighted by atomic mass is 35.5. The molecule has 0 aromatic heterocycles. The first-order valence-corrected chi connectivity index (χ1v) is 11.0. The van der Waals surface area contributed by atoms with Crippen molar-refractivity contribution in [3.8, 4) is 5.75 Å². The molecule has 6 nitrogen and oxygen atoms in total. The maximum atomic E-state index is 12.7. The molecule has 2 aromatic rings. The van der Waals surface area contributed by atoms with Gasteiger partial charge in [0.2, 0.25) is 10.0 Å². The highest BCUT2D eigenvalue weighted by Gasteiger charge is 2.28. The van der Waals surface area contributed by atoms with Crippen LogP contribution in [-0.4, -0.2) is 44.9 Å². The van der Waals surface area contributed by atoms with Gasteiger partial charge in [0.05, 0.1) is 11.4 Å². The highest BCUT2D eigenvalue weighted by molar-refractivity contribution is 7.89. The average Bonchev–Trinajstić information content (AvgIpc) is 3.22. The Balaban J connectivity index is 1.62. The number of benzene rings is 2. The number of rotatable bonds is 7. The molecule has 1 saturated heterocycles. The normalized spacial score (nSPS) is 14.8. The summed E-state index contributed by atoms with van der Waals surface area (Å²) in [5.41, 5.74) is 1.07. The molecule has 2 aromatic carbocycles. The summed E-state index contributed by atoms with van der Waals surface area (Å²) in [5, 5.41) is 3.40. The smallest absolute Gasteiger partial charge is 0.251 e. The zero-order valence-corrected chi connectivity index (χ0v) is 17.2. The lowest BCUT2D eigenvalue weighted by Gasteiger charge is -2.17. The van der Waals surface area contributed by atoms with Gasteiger partial charge in [-0.1, -0.05) is 17.7 Å². The van der Waals surface area contributed by atoms with Crippen LogP contribution in [0.4, 0.5) is 0 Å². The third-order valence-corrected chi connectivity index (χ3v) is 6.77. The lowest BCUT2D eigenvalue weighted by Crippen LogP contribution is -2.30. The fraction of sp³-hybridized carbons (Fsp3) is 0.350. The Morgan fingerprint density at radius 3 is 2.50 bits per heavy atom. The number of carbonyl (C=O) groups is 1. The van der Waals surface area contributed by atoms with E-state index in [1.54, 1.807) is 43.3 Å². The maximum absolute atomic E-state index is 12.7. The van der Waals surface area contributed by atoms with E-state index in [0.717, 1.165) is 18.4 Å². The summed E-state index contributed by atoms with van der Waals surface area (Å²) < 4.78 is 32.5. The molecule has 1 N–H and O–H groups in total. The van der Waals surface area contributed by atoms with E-state index in [-0.39, 0.29) is 17.4 Å². The number of hydrogen-bond acceptors (Lipinski definition) is 4. The minimum Gasteiger partial charge on any atom is -0.492 e. The largest absolute Gasteiger partial charge is 0.492 e. The summed E-state index contributed by atoms with van der Waals surface area (Å²) in [5.74, 6) is 0.337. The topological polar surface area (TPSA) is 75.7 Å². The molecule has 0 saturated carbocycles. The summed E-state index contributed by atoms with van der Waals surface area (Å²) in [6, 6.07) is 11.6. The predicted octanol–water partition coefficient (Wildman–Crippen LogP) is 3.24. The number of aryl methyl sites for hydroxylation is 1. The van der Waals surface area contributed by atoms with Crippen LogP contribution in [0.2, 0.25) is 5.02 Å². The summed E-state index contributed by atoms with van der Waals surface area (Å²) in [6.45, 7) is 3.42. The van der Waals surface area contributed by atoms with Crippen LogP contribution in [-0.2, 0) is 10.0 Å². The molecular weight excluding hydrogens is 400 g/mol. The number of ether oxygens (including phenoxy) is 1. The van der Waals surface area contributed by atoms with Gasteiger partial charge in [-0.2, -0.15) is 4.31 Å². The lowest BCUT2D eigenvalue weighted by atomic mass is 10.1. The van der Waals surface area contributed by atoms with Crippen molar-refractivity contribution in [3.63, 3.8) is 0 Å². The number of halogens is 1. The van der Waals surface area contributed by atoms with Crippen LogP contribution in [0.1, 0.15) is 28.8 Å². The van der Waals surface area contributed by atoms with Gasteiger partial charge in [0.1, 0.15) is 12.4 Å². The van der Waals surface area contributed by atoms with E-state index in [1.807, 2.05) is 0 Å². The minimum absolute atomic E-state index is 0.155. The Bertz CT molecular complexity index is 939. The predicted molar refractivity (Wildman–Crippen MR) is 108 cm³/mol. The molecule has 0 atom stereocenters. The number of nitrogens with zero attached hydrogens (tertiary/aromatic N) is 1. The molecule has 3 rings (SSSR count). The van der Waals surface area contributed by atoms with Crippen LogP contribution in [0, 0.1) is 6.92 Å². The van der Waals surface area contributed by atoms with E-state index in [1.165, 1.54) is 10.4 Å². The summed E-state index contributed by atoms with van der Waals surface area (Å²) in [6.07, 6.45) is 1.73. The number of hydrogen-bond donors (Lipinski definition) is 1. The second-order valence-electron chi connectivity index (χ2n) is 6.65. The van der Waals surface area contributed by atoms with Crippen LogP contribution in [0.25, 0.3) is 0 Å². The van der Waals surface area contributed by atoms with E-state index in [2.05, 4.69) is 5.32 Å². The Labute approximate surface area is 170 Å². The van der Waals surface area contributed by atoms with Crippen molar-refractivity contribution in [3.05, 3.63) is 58.6 Å². The lowest BCUT2D eigenvalue weighted by molar-refractivity contribution is 0.0946. The average molecular weight is 423 g/mol. The van der Waals surface area contributed by atoms with Crippen LogP contribution in [0.5, 0.6) is 5.75 Å². The Hall–Kier alpha value is -2.09. The van der Waals surface area contributed by atoms with Gasteiger partial charge in [0.15, 0.2) is 0 Å². The quantitative estimate of drug-likeness (QED) is 0.695. The molecule has 0 spiro atoms. The zero-order chi connectivity index (χ0) is 20.1. The van der Waals surface area contributed by atoms with Gasteiger partial charge in [0, 0.05) is 23.7 Å². The Kier molecular flexibility index (Phi) is 6.59. The van der Waals surface area contributed by atoms with Crippen molar-refractivity contribution >= 4 is 27.5 Å². The fourth-order valence-corrected chi connectivity index (χ4v) is 4.71. The van der Waals surface area contributed by atoms with E-state index < -0.39 is 10.0 Å². The highest BCUT2D eigenvalue weighted by Crippen LogP contribution is 2.23. The van der Waals surface area contributed by atoms with Crippen molar-refractivity contribution in [1.82, 2.24) is 9.62 Å². The third-order valence-electron chi connectivity index (χ3n) is 4.63. The molecule has 1 aliphatic heterocycles. The van der Waals surface area contributed by atoms with E-state index in [4.69, 9.17) is 16.3 Å². The number of amides is 1. The standard InChI is InChI=1S/C20H23ClN2O4S/c1-15-4-9-18(28(25,26)23-11-2-3-12-23)14-19(15)20(24)22-10-13-27-17-7-5-16(21)6-8-17/h4-9,14H,2-3,10-13H2,1H3,(H,22,24). The molecule has 0 radical (unpaired) electrons. The van der Waals surface area contributed by atoms with E-state index in [9.17, 15) is 13.2 Å². The second kappa shape index (κ2) is 8.94. The molecule has 0 bridgehead atoms. The number of sulfonamides is 1. The van der Waals surface area contributed by atoms with Crippen molar-refractivity contribution in [2.75, 3.05) is 26.2 Å². The van der Waals surface area contributed by atoms with Crippen molar-refractivity contribution in [1.29, 1.82) is 0 Å².